The highest BCUT2D eigenvalue weighted by atomic mass is 32.2. The number of ether oxygens (including phenoxy) is 3. The molecular weight excluding hydrogens is 382 g/mol. The van der Waals surface area contributed by atoms with E-state index in [0.29, 0.717) is 17.4 Å². The number of hydrogen-bond acceptors (Lipinski definition) is 7. The number of esters is 3. The van der Waals surface area contributed by atoms with Gasteiger partial charge in [0, 0.05) is 18.6 Å². The van der Waals surface area contributed by atoms with Gasteiger partial charge in [0.1, 0.15) is 19.8 Å². The fourth-order valence-corrected chi connectivity index (χ4v) is 4.46. The van der Waals surface area contributed by atoms with E-state index in [0.717, 1.165) is 18.1 Å². The maximum atomic E-state index is 11.9. The van der Waals surface area contributed by atoms with Gasteiger partial charge in [-0.1, -0.05) is 6.42 Å². The molecule has 0 bridgehead atoms. The summed E-state index contributed by atoms with van der Waals surface area (Å²) in [5.41, 5.74) is 0. The van der Waals surface area contributed by atoms with Crippen LogP contribution in [0.3, 0.4) is 0 Å². The van der Waals surface area contributed by atoms with E-state index in [4.69, 9.17) is 14.2 Å². The smallest absolute Gasteiger partial charge is 0.309 e. The lowest BCUT2D eigenvalue weighted by atomic mass is 10.1. The van der Waals surface area contributed by atoms with Gasteiger partial charge in [0.25, 0.3) is 0 Å². The Kier molecular flexibility index (Phi) is 11.5. The third-order valence-electron chi connectivity index (χ3n) is 4.27. The van der Waals surface area contributed by atoms with Gasteiger partial charge in [0.2, 0.25) is 0 Å². The molecular formula is C20H36NO6S+. The van der Waals surface area contributed by atoms with Gasteiger partial charge in [-0.3, -0.25) is 14.4 Å². The summed E-state index contributed by atoms with van der Waals surface area (Å²) in [6.45, 7) is 1.89. The average molecular weight is 419 g/mol. The summed E-state index contributed by atoms with van der Waals surface area (Å²) < 4.78 is 15.9. The number of rotatable bonds is 13. The van der Waals surface area contributed by atoms with Gasteiger partial charge in [0.05, 0.1) is 27.6 Å². The Bertz CT molecular complexity index is 499. The van der Waals surface area contributed by atoms with Gasteiger partial charge in [-0.2, -0.15) is 11.8 Å². The second-order valence-corrected chi connectivity index (χ2v) is 9.64. The van der Waals surface area contributed by atoms with Crippen LogP contribution in [0.1, 0.15) is 51.9 Å². The molecule has 0 amide bonds. The summed E-state index contributed by atoms with van der Waals surface area (Å²) in [5, 5.41) is 0.767. The quantitative estimate of drug-likeness (QED) is 0.197. The monoisotopic (exact) mass is 418 g/mol. The summed E-state index contributed by atoms with van der Waals surface area (Å²) >= 11 is 2.04. The van der Waals surface area contributed by atoms with Crippen LogP contribution < -0.4 is 0 Å². The third kappa shape index (κ3) is 13.0. The first-order valence-electron chi connectivity index (χ1n) is 10.1. The number of carbonyl (C=O) groups is 3. The molecule has 1 aliphatic rings. The van der Waals surface area contributed by atoms with E-state index in [2.05, 4.69) is 0 Å². The molecule has 0 spiro atoms. The Morgan fingerprint density at radius 2 is 1.75 bits per heavy atom. The van der Waals surface area contributed by atoms with Gasteiger partial charge in [-0.15, -0.1) is 0 Å². The number of carbonyl (C=O) groups excluding carboxylic acids is 3. The van der Waals surface area contributed by atoms with Crippen molar-refractivity contribution >= 4 is 29.7 Å². The topological polar surface area (TPSA) is 78.9 Å². The minimum absolute atomic E-state index is 0.0117. The molecule has 0 N–H and O–H groups in total. The van der Waals surface area contributed by atoms with Crippen molar-refractivity contribution in [1.29, 1.82) is 0 Å². The molecule has 28 heavy (non-hydrogen) atoms. The molecule has 8 heteroatoms. The van der Waals surface area contributed by atoms with Crippen LogP contribution in [0.4, 0.5) is 0 Å². The van der Waals surface area contributed by atoms with Gasteiger partial charge in [-0.25, -0.2) is 0 Å². The number of quaternary nitrogens is 1. The van der Waals surface area contributed by atoms with E-state index in [-0.39, 0.29) is 25.6 Å². The normalized spacial score (nSPS) is 17.8. The van der Waals surface area contributed by atoms with Crippen LogP contribution in [-0.2, 0) is 28.6 Å². The fourth-order valence-electron chi connectivity index (χ4n) is 3.13. The van der Waals surface area contributed by atoms with Gasteiger partial charge < -0.3 is 18.7 Å². The van der Waals surface area contributed by atoms with E-state index < -0.39 is 18.0 Å². The minimum Gasteiger partial charge on any atom is -0.462 e. The highest BCUT2D eigenvalue weighted by Crippen LogP contribution is 2.30. The maximum Gasteiger partial charge on any atom is 0.309 e. The summed E-state index contributed by atoms with van der Waals surface area (Å²) in [6, 6.07) is 0. The molecule has 1 aliphatic heterocycles. The zero-order valence-corrected chi connectivity index (χ0v) is 18.6. The first kappa shape index (κ1) is 24.8. The molecule has 1 fully saturated rings. The predicted octanol–water partition coefficient (Wildman–Crippen LogP) is 2.56. The molecule has 1 heterocycles. The highest BCUT2D eigenvalue weighted by molar-refractivity contribution is 8.00. The summed E-state index contributed by atoms with van der Waals surface area (Å²) in [5.74, 6) is 0.122. The van der Waals surface area contributed by atoms with Crippen LogP contribution in [-0.4, -0.2) is 80.4 Å². The van der Waals surface area contributed by atoms with Crippen LogP contribution in [0.15, 0.2) is 0 Å². The Labute approximate surface area is 173 Å². The van der Waals surface area contributed by atoms with Crippen LogP contribution in [0, 0.1) is 0 Å². The highest BCUT2D eigenvalue weighted by Gasteiger charge is 2.24. The van der Waals surface area contributed by atoms with Crippen molar-refractivity contribution in [2.75, 3.05) is 46.7 Å². The van der Waals surface area contributed by atoms with E-state index in [1.54, 1.807) is 0 Å². The van der Waals surface area contributed by atoms with Crippen LogP contribution in [0.2, 0.25) is 0 Å². The van der Waals surface area contributed by atoms with Crippen molar-refractivity contribution in [1.82, 2.24) is 0 Å². The molecule has 1 saturated heterocycles. The van der Waals surface area contributed by atoms with Crippen molar-refractivity contribution in [3.8, 4) is 0 Å². The van der Waals surface area contributed by atoms with Crippen molar-refractivity contribution in [3.05, 3.63) is 0 Å². The molecule has 0 aliphatic carbocycles. The molecule has 0 aromatic heterocycles. The van der Waals surface area contributed by atoms with Crippen molar-refractivity contribution in [2.45, 2.75) is 63.2 Å². The van der Waals surface area contributed by atoms with Crippen LogP contribution in [0.5, 0.6) is 0 Å². The first-order chi connectivity index (χ1) is 13.2. The number of hydrogen-bond donors (Lipinski definition) is 0. The molecule has 1 unspecified atom stereocenters. The Hall–Kier alpha value is -1.28. The minimum atomic E-state index is -0.536. The lowest BCUT2D eigenvalue weighted by molar-refractivity contribution is -0.873. The lowest BCUT2D eigenvalue weighted by Crippen LogP contribution is -2.43. The molecule has 0 radical (unpaired) electrons. The zero-order valence-electron chi connectivity index (χ0n) is 17.7. The molecule has 0 aromatic rings. The number of thioether (sulfide) groups is 1. The predicted molar refractivity (Wildman–Crippen MR) is 109 cm³/mol. The van der Waals surface area contributed by atoms with Gasteiger partial charge in [0.15, 0.2) is 6.10 Å². The standard InChI is InChI=1S/C20H36NO6S/c1-16(22)27-17(15-21(2,3)4)14-20(24)26-12-11-25-19(23)10-6-5-8-18-9-7-13-28-18/h17-18H,5-15H2,1-4H3/q+1/t17-,18?/m1/s1. The lowest BCUT2D eigenvalue weighted by Gasteiger charge is -2.28. The molecule has 0 aromatic carbocycles. The molecule has 0 saturated carbocycles. The number of unbranched alkanes of at least 4 members (excludes halogenated alkanes) is 1. The second-order valence-electron chi connectivity index (χ2n) is 8.23. The van der Waals surface area contributed by atoms with Crippen LogP contribution in [0.25, 0.3) is 0 Å². The first-order valence-corrected chi connectivity index (χ1v) is 11.1. The van der Waals surface area contributed by atoms with Crippen LogP contribution >= 0.6 is 11.8 Å². The van der Waals surface area contributed by atoms with Gasteiger partial charge >= 0.3 is 17.9 Å². The summed E-state index contributed by atoms with van der Waals surface area (Å²) in [4.78, 5) is 34.9. The van der Waals surface area contributed by atoms with Crippen molar-refractivity contribution in [2.24, 2.45) is 0 Å². The molecule has 162 valence electrons. The second kappa shape index (κ2) is 13.0. The third-order valence-corrected chi connectivity index (χ3v) is 5.74. The number of likely N-dealkylation sites (N-methyl/N-ethyl adjacent to an activating group) is 1. The number of nitrogens with zero attached hydrogens (tertiary/aromatic N) is 1. The Balaban J connectivity index is 2.11. The Morgan fingerprint density at radius 3 is 2.32 bits per heavy atom. The van der Waals surface area contributed by atoms with Gasteiger partial charge in [-0.05, 0) is 31.4 Å². The molecule has 1 rings (SSSR count). The van der Waals surface area contributed by atoms with Crippen molar-refractivity contribution in [3.63, 3.8) is 0 Å². The average Bonchev–Trinajstić information content (AvgIpc) is 3.06. The SMILES string of the molecule is CC(=O)O[C@H](CC(=O)OCCOC(=O)CCCCC1CCCS1)C[N+](C)(C)C. The summed E-state index contributed by atoms with van der Waals surface area (Å²) in [7, 11) is 5.86. The Morgan fingerprint density at radius 1 is 1.07 bits per heavy atom. The van der Waals surface area contributed by atoms with Crippen molar-refractivity contribution < 1.29 is 33.1 Å². The largest absolute Gasteiger partial charge is 0.462 e. The van der Waals surface area contributed by atoms with E-state index in [1.165, 1.54) is 31.9 Å². The van der Waals surface area contributed by atoms with E-state index >= 15 is 0 Å². The van der Waals surface area contributed by atoms with E-state index in [1.807, 2.05) is 32.9 Å². The zero-order chi connectivity index (χ0) is 21.0. The fraction of sp³-hybridized carbons (Fsp3) is 0.850. The summed E-state index contributed by atoms with van der Waals surface area (Å²) in [6.07, 6.45) is 5.53. The molecule has 7 nitrogen and oxygen atoms in total. The maximum absolute atomic E-state index is 11.9. The van der Waals surface area contributed by atoms with E-state index in [9.17, 15) is 14.4 Å². The molecule has 2 atom stereocenters.